The van der Waals surface area contributed by atoms with E-state index >= 15 is 0 Å². The number of ether oxygens (including phenoxy) is 1. The molecule has 0 fully saturated rings. The summed E-state index contributed by atoms with van der Waals surface area (Å²) in [7, 11) is 0. The Morgan fingerprint density at radius 1 is 1.24 bits per heavy atom. The minimum absolute atomic E-state index is 0.408. The van der Waals surface area contributed by atoms with Crippen molar-refractivity contribution in [1.29, 1.82) is 0 Å². The topological polar surface area (TPSA) is 55.4 Å². The van der Waals surface area contributed by atoms with E-state index in [-0.39, 0.29) is 0 Å². The molecule has 1 N–H and O–H groups in total. The van der Waals surface area contributed by atoms with Crippen molar-refractivity contribution in [2.75, 3.05) is 6.54 Å². The van der Waals surface area contributed by atoms with Gasteiger partial charge in [-0.2, -0.15) is 0 Å². The molecule has 114 valence electrons. The molecular weight excluding hydrogens is 266 g/mol. The first-order chi connectivity index (χ1) is 9.80. The summed E-state index contributed by atoms with van der Waals surface area (Å²) in [5.74, 6) is 0. The molecule has 0 saturated carbocycles. The quantitative estimate of drug-likeness (QED) is 0.663. The van der Waals surface area contributed by atoms with Crippen LogP contribution in [0.2, 0.25) is 0 Å². The molecule has 1 amide bonds. The molecule has 0 spiro atoms. The predicted octanol–water partition coefficient (Wildman–Crippen LogP) is 3.74. The lowest BCUT2D eigenvalue weighted by atomic mass is 10.1. The Morgan fingerprint density at radius 2 is 1.90 bits per heavy atom. The van der Waals surface area contributed by atoms with Crippen LogP contribution in [0.5, 0.6) is 0 Å². The second-order valence-corrected chi connectivity index (χ2v) is 5.91. The molecule has 0 aromatic heterocycles. The maximum absolute atomic E-state index is 11.4. The summed E-state index contributed by atoms with van der Waals surface area (Å²) in [6.07, 6.45) is 5.03. The van der Waals surface area contributed by atoms with Crippen LogP contribution in [-0.4, -0.2) is 24.5 Å². The lowest BCUT2D eigenvalue weighted by Gasteiger charge is -2.19. The van der Waals surface area contributed by atoms with Gasteiger partial charge < -0.3 is 10.1 Å². The zero-order valence-corrected chi connectivity index (χ0v) is 13.1. The third-order valence-corrected chi connectivity index (χ3v) is 2.55. The molecular formula is C17H23NO3. The number of carbonyl (C=O) groups is 2. The number of aldehydes is 1. The zero-order valence-electron chi connectivity index (χ0n) is 13.1. The van der Waals surface area contributed by atoms with Crippen molar-refractivity contribution >= 4 is 18.5 Å². The van der Waals surface area contributed by atoms with Crippen molar-refractivity contribution in [1.82, 2.24) is 5.32 Å². The minimum atomic E-state index is -0.479. The number of carbonyl (C=O) groups excluding carboxylic acids is 2. The van der Waals surface area contributed by atoms with Crippen LogP contribution in [-0.2, 0) is 4.74 Å². The van der Waals surface area contributed by atoms with Gasteiger partial charge in [-0.1, -0.05) is 18.2 Å². The van der Waals surface area contributed by atoms with Crippen molar-refractivity contribution in [3.05, 3.63) is 41.0 Å². The summed E-state index contributed by atoms with van der Waals surface area (Å²) in [5, 5.41) is 2.69. The number of benzene rings is 1. The number of rotatable bonds is 5. The van der Waals surface area contributed by atoms with Crippen LogP contribution in [0.1, 0.15) is 48.7 Å². The highest BCUT2D eigenvalue weighted by Crippen LogP contribution is 2.10. The van der Waals surface area contributed by atoms with Crippen molar-refractivity contribution in [2.45, 2.75) is 39.7 Å². The van der Waals surface area contributed by atoms with E-state index in [1.165, 1.54) is 0 Å². The van der Waals surface area contributed by atoms with E-state index in [0.717, 1.165) is 17.4 Å². The van der Waals surface area contributed by atoms with Crippen molar-refractivity contribution in [2.24, 2.45) is 0 Å². The van der Waals surface area contributed by atoms with Crippen LogP contribution in [0.4, 0.5) is 4.79 Å². The largest absolute Gasteiger partial charge is 0.444 e. The summed E-state index contributed by atoms with van der Waals surface area (Å²) < 4.78 is 5.14. The Kier molecular flexibility index (Phi) is 6.15. The molecule has 0 saturated heterocycles. The van der Waals surface area contributed by atoms with Crippen molar-refractivity contribution < 1.29 is 14.3 Å². The first-order valence-electron chi connectivity index (χ1n) is 7.00. The molecule has 0 bridgehead atoms. The first-order valence-corrected chi connectivity index (χ1v) is 7.00. The number of amides is 1. The summed E-state index contributed by atoms with van der Waals surface area (Å²) >= 11 is 0. The van der Waals surface area contributed by atoms with Crippen LogP contribution in [0.15, 0.2) is 24.3 Å². The van der Waals surface area contributed by atoms with Gasteiger partial charge in [0.05, 0.1) is 0 Å². The summed E-state index contributed by atoms with van der Waals surface area (Å²) in [4.78, 5) is 22.2. The van der Waals surface area contributed by atoms with Gasteiger partial charge in [0.25, 0.3) is 0 Å². The predicted molar refractivity (Wildman–Crippen MR) is 84.5 cm³/mol. The van der Waals surface area contributed by atoms with Gasteiger partial charge in [0, 0.05) is 12.1 Å². The van der Waals surface area contributed by atoms with Gasteiger partial charge in [-0.3, -0.25) is 4.79 Å². The fourth-order valence-electron chi connectivity index (χ4n) is 1.80. The van der Waals surface area contributed by atoms with Gasteiger partial charge in [-0.15, -0.1) is 0 Å². The molecule has 0 aliphatic carbocycles. The summed E-state index contributed by atoms with van der Waals surface area (Å²) in [6, 6.07) is 5.68. The molecule has 4 nitrogen and oxygen atoms in total. The molecule has 4 heteroatoms. The highest BCUT2D eigenvalue weighted by atomic mass is 16.6. The molecule has 0 heterocycles. The SMILES string of the molecule is Cc1cc(C=O)cc(C=CCCNC(=O)OC(C)(C)C)c1. The number of alkyl carbamates (subject to hydrolysis) is 1. The Balaban J connectivity index is 2.40. The average Bonchev–Trinajstić information content (AvgIpc) is 2.35. The van der Waals surface area contributed by atoms with E-state index in [0.29, 0.717) is 18.5 Å². The lowest BCUT2D eigenvalue weighted by molar-refractivity contribution is 0.0528. The highest BCUT2D eigenvalue weighted by molar-refractivity contribution is 5.76. The lowest BCUT2D eigenvalue weighted by Crippen LogP contribution is -2.32. The normalized spacial score (nSPS) is 11.4. The maximum Gasteiger partial charge on any atom is 0.407 e. The average molecular weight is 289 g/mol. The molecule has 0 unspecified atom stereocenters. The third kappa shape index (κ3) is 7.30. The maximum atomic E-state index is 11.4. The molecule has 0 aliphatic heterocycles. The molecule has 1 rings (SSSR count). The standard InChI is InChI=1S/C17H23NO3/c1-13-9-14(11-15(10-13)12-19)7-5-6-8-18-16(20)21-17(2,3)4/h5,7,9-12H,6,8H2,1-4H3,(H,18,20). The summed E-state index contributed by atoms with van der Waals surface area (Å²) in [5.41, 5.74) is 2.22. The third-order valence-electron chi connectivity index (χ3n) is 2.55. The van der Waals surface area contributed by atoms with Crippen molar-refractivity contribution in [3.8, 4) is 0 Å². The van der Waals surface area contributed by atoms with Gasteiger partial charge in [0.1, 0.15) is 11.9 Å². The van der Waals surface area contributed by atoms with E-state index < -0.39 is 11.7 Å². The first kappa shape index (κ1) is 17.0. The van der Waals surface area contributed by atoms with Gasteiger partial charge in [0.2, 0.25) is 0 Å². The van der Waals surface area contributed by atoms with Crippen LogP contribution in [0.3, 0.4) is 0 Å². The van der Waals surface area contributed by atoms with Crippen LogP contribution in [0.25, 0.3) is 6.08 Å². The van der Waals surface area contributed by atoms with Gasteiger partial charge in [-0.05, 0) is 57.4 Å². The highest BCUT2D eigenvalue weighted by Gasteiger charge is 2.15. The van der Waals surface area contributed by atoms with Crippen molar-refractivity contribution in [3.63, 3.8) is 0 Å². The van der Waals surface area contributed by atoms with E-state index in [9.17, 15) is 9.59 Å². The molecule has 1 aromatic carbocycles. The monoisotopic (exact) mass is 289 g/mol. The Bertz CT molecular complexity index is 527. The number of hydrogen-bond donors (Lipinski definition) is 1. The van der Waals surface area contributed by atoms with Gasteiger partial charge in [0.15, 0.2) is 0 Å². The fraction of sp³-hybridized carbons (Fsp3) is 0.412. The second kappa shape index (κ2) is 7.62. The number of aryl methyl sites for hydroxylation is 1. The summed E-state index contributed by atoms with van der Waals surface area (Å²) in [6.45, 7) is 7.95. The second-order valence-electron chi connectivity index (χ2n) is 5.91. The number of hydrogen-bond acceptors (Lipinski definition) is 3. The Hall–Kier alpha value is -2.10. The van der Waals surface area contributed by atoms with Gasteiger partial charge >= 0.3 is 6.09 Å². The number of nitrogens with one attached hydrogen (secondary N) is 1. The van der Waals surface area contributed by atoms with Crippen LogP contribution in [0, 0.1) is 6.92 Å². The Labute approximate surface area is 126 Å². The van der Waals surface area contributed by atoms with Crippen LogP contribution >= 0.6 is 0 Å². The van der Waals surface area contributed by atoms with Gasteiger partial charge in [-0.25, -0.2) is 4.79 Å². The fourth-order valence-corrected chi connectivity index (χ4v) is 1.80. The molecule has 0 aliphatic rings. The minimum Gasteiger partial charge on any atom is -0.444 e. The zero-order chi connectivity index (χ0) is 15.9. The van der Waals surface area contributed by atoms with Crippen LogP contribution < -0.4 is 5.32 Å². The molecule has 1 aromatic rings. The van der Waals surface area contributed by atoms with E-state index in [4.69, 9.17) is 4.74 Å². The molecule has 0 atom stereocenters. The van der Waals surface area contributed by atoms with E-state index in [2.05, 4.69) is 5.32 Å². The molecule has 0 radical (unpaired) electrons. The Morgan fingerprint density at radius 3 is 2.52 bits per heavy atom. The van der Waals surface area contributed by atoms with E-state index in [1.54, 1.807) is 0 Å². The smallest absolute Gasteiger partial charge is 0.407 e. The molecule has 21 heavy (non-hydrogen) atoms. The van der Waals surface area contributed by atoms with E-state index in [1.807, 2.05) is 58.0 Å².